The number of hydrogen-bond donors (Lipinski definition) is 3. The number of nitrogens with one attached hydrogen (secondary N) is 1. The number of hydrogen-bond acceptors (Lipinski definition) is 3. The molecule has 0 fully saturated rings. The van der Waals surface area contributed by atoms with E-state index in [9.17, 15) is 9.59 Å². The number of H-pyrrole nitrogens is 1. The Hall–Kier alpha value is -2.57. The number of nitrogens with zero attached hydrogens (tertiary/aromatic N) is 2. The second-order valence-electron chi connectivity index (χ2n) is 3.03. The third kappa shape index (κ3) is 1.54. The molecule has 7 heteroatoms. The van der Waals surface area contributed by atoms with Crippen molar-refractivity contribution in [2.24, 2.45) is 5.73 Å². The van der Waals surface area contributed by atoms with Gasteiger partial charge in [0.1, 0.15) is 0 Å². The van der Waals surface area contributed by atoms with Crippen LogP contribution in [0.25, 0.3) is 11.0 Å². The minimum absolute atomic E-state index is 0.110. The van der Waals surface area contributed by atoms with Crippen LogP contribution in [0.1, 0.15) is 0 Å². The van der Waals surface area contributed by atoms with Crippen molar-refractivity contribution in [2.75, 3.05) is 4.90 Å². The number of imidazole rings is 1. The number of primary amides is 1. The second kappa shape index (κ2) is 3.54. The molecule has 0 aliphatic heterocycles. The first-order valence-electron chi connectivity index (χ1n) is 4.37. The number of rotatable bonds is 1. The lowest BCUT2D eigenvalue weighted by molar-refractivity contribution is 0.200. The molecular weight excluding hydrogens is 212 g/mol. The van der Waals surface area contributed by atoms with Crippen molar-refractivity contribution in [1.29, 1.82) is 0 Å². The smallest absolute Gasteiger partial charge is 0.422 e. The molecule has 2 rings (SSSR count). The highest BCUT2D eigenvalue weighted by Gasteiger charge is 2.23. The van der Waals surface area contributed by atoms with E-state index in [4.69, 9.17) is 10.8 Å². The van der Waals surface area contributed by atoms with E-state index in [2.05, 4.69) is 9.97 Å². The summed E-state index contributed by atoms with van der Waals surface area (Å²) in [5.74, 6) is -0.110. The lowest BCUT2D eigenvalue weighted by atomic mass is 10.3. The molecular formula is C9H8N4O3. The number of nitrogens with two attached hydrogens (primary N) is 1. The summed E-state index contributed by atoms with van der Waals surface area (Å²) in [7, 11) is 0. The van der Waals surface area contributed by atoms with Gasteiger partial charge in [-0.25, -0.2) is 14.6 Å². The molecule has 1 aromatic heterocycles. The Balaban J connectivity index is 2.53. The van der Waals surface area contributed by atoms with Crippen LogP contribution in [0.5, 0.6) is 0 Å². The predicted octanol–water partition coefficient (Wildman–Crippen LogP) is 1.13. The maximum atomic E-state index is 10.9. The zero-order chi connectivity index (χ0) is 11.7. The van der Waals surface area contributed by atoms with Gasteiger partial charge in [-0.05, 0) is 12.1 Å². The van der Waals surface area contributed by atoms with Crippen LogP contribution < -0.4 is 10.6 Å². The Morgan fingerprint density at radius 1 is 1.38 bits per heavy atom. The fraction of sp³-hybridized carbons (Fsp3) is 0. The molecule has 0 spiro atoms. The van der Waals surface area contributed by atoms with Crippen LogP contribution in [0.2, 0.25) is 0 Å². The van der Waals surface area contributed by atoms with Gasteiger partial charge < -0.3 is 15.8 Å². The molecule has 0 atom stereocenters. The Morgan fingerprint density at radius 2 is 2.06 bits per heavy atom. The number of anilines is 1. The molecule has 0 unspecified atom stereocenters. The molecule has 2 aromatic rings. The van der Waals surface area contributed by atoms with Gasteiger partial charge in [0, 0.05) is 0 Å². The number of fused-ring (bicyclic) bond motifs is 1. The van der Waals surface area contributed by atoms with Crippen molar-refractivity contribution in [3.05, 3.63) is 24.3 Å². The highest BCUT2D eigenvalue weighted by molar-refractivity contribution is 6.09. The van der Waals surface area contributed by atoms with Gasteiger partial charge in [0.25, 0.3) is 0 Å². The number of amides is 3. The molecule has 0 saturated heterocycles. The van der Waals surface area contributed by atoms with Gasteiger partial charge in [-0.3, -0.25) is 0 Å². The van der Waals surface area contributed by atoms with Crippen molar-refractivity contribution in [2.45, 2.75) is 0 Å². The molecule has 7 nitrogen and oxygen atoms in total. The van der Waals surface area contributed by atoms with Crippen LogP contribution in [-0.2, 0) is 0 Å². The Kier molecular flexibility index (Phi) is 2.20. The maximum Gasteiger partial charge on any atom is 0.422 e. The van der Waals surface area contributed by atoms with E-state index in [0.717, 1.165) is 0 Å². The van der Waals surface area contributed by atoms with Crippen molar-refractivity contribution in [3.8, 4) is 0 Å². The molecule has 1 aromatic carbocycles. The SMILES string of the molecule is NC(=O)N(C(=O)O)c1nc2ccccc2[nH]1. The highest BCUT2D eigenvalue weighted by atomic mass is 16.4. The van der Waals surface area contributed by atoms with E-state index in [-0.39, 0.29) is 5.95 Å². The summed E-state index contributed by atoms with van der Waals surface area (Å²) in [4.78, 5) is 28.7. The number of para-hydroxylation sites is 2. The average molecular weight is 220 g/mol. The topological polar surface area (TPSA) is 112 Å². The fourth-order valence-electron chi connectivity index (χ4n) is 1.33. The van der Waals surface area contributed by atoms with Gasteiger partial charge in [0.15, 0.2) is 0 Å². The van der Waals surface area contributed by atoms with E-state index in [1.807, 2.05) is 0 Å². The molecule has 0 aliphatic rings. The van der Waals surface area contributed by atoms with Crippen LogP contribution in [0.15, 0.2) is 24.3 Å². The number of imide groups is 1. The summed E-state index contributed by atoms with van der Waals surface area (Å²) in [6.07, 6.45) is -1.48. The first kappa shape index (κ1) is 9.97. The second-order valence-corrected chi connectivity index (χ2v) is 3.03. The number of carboxylic acid groups (broad SMARTS) is 1. The number of carbonyl (C=O) groups is 2. The van der Waals surface area contributed by atoms with E-state index in [1.165, 1.54) is 0 Å². The minimum atomic E-state index is -1.48. The van der Waals surface area contributed by atoms with Gasteiger partial charge in [0.2, 0.25) is 5.95 Å². The molecule has 3 amide bonds. The predicted molar refractivity (Wildman–Crippen MR) is 56.2 cm³/mol. The summed E-state index contributed by atoms with van der Waals surface area (Å²) in [5.41, 5.74) is 6.13. The highest BCUT2D eigenvalue weighted by Crippen LogP contribution is 2.16. The summed E-state index contributed by atoms with van der Waals surface area (Å²) in [6, 6.07) is 5.82. The summed E-state index contributed by atoms with van der Waals surface area (Å²) in [5, 5.41) is 8.79. The van der Waals surface area contributed by atoms with E-state index in [0.29, 0.717) is 15.9 Å². The summed E-state index contributed by atoms with van der Waals surface area (Å²) in [6.45, 7) is 0. The summed E-state index contributed by atoms with van der Waals surface area (Å²) < 4.78 is 0. The number of aromatic amines is 1. The van der Waals surface area contributed by atoms with Crippen LogP contribution in [0, 0.1) is 0 Å². The van der Waals surface area contributed by atoms with Crippen LogP contribution in [0.3, 0.4) is 0 Å². The van der Waals surface area contributed by atoms with Gasteiger partial charge in [-0.2, -0.15) is 4.90 Å². The molecule has 0 aliphatic carbocycles. The number of benzene rings is 1. The van der Waals surface area contributed by atoms with E-state index < -0.39 is 12.1 Å². The first-order valence-corrected chi connectivity index (χ1v) is 4.37. The zero-order valence-corrected chi connectivity index (χ0v) is 8.04. The number of aromatic nitrogens is 2. The lowest BCUT2D eigenvalue weighted by Crippen LogP contribution is -2.40. The van der Waals surface area contributed by atoms with Gasteiger partial charge in [-0.15, -0.1) is 0 Å². The van der Waals surface area contributed by atoms with E-state index >= 15 is 0 Å². The zero-order valence-electron chi connectivity index (χ0n) is 8.04. The van der Waals surface area contributed by atoms with Crippen LogP contribution in [0.4, 0.5) is 15.5 Å². The van der Waals surface area contributed by atoms with Crippen molar-refractivity contribution in [1.82, 2.24) is 9.97 Å². The molecule has 0 radical (unpaired) electrons. The first-order chi connectivity index (χ1) is 7.59. The number of carbonyl (C=O) groups excluding carboxylic acids is 1. The van der Waals surface area contributed by atoms with Crippen molar-refractivity contribution >= 4 is 29.1 Å². The van der Waals surface area contributed by atoms with Gasteiger partial charge in [-0.1, -0.05) is 12.1 Å². The van der Waals surface area contributed by atoms with Crippen LogP contribution >= 0.6 is 0 Å². The molecule has 4 N–H and O–H groups in total. The molecule has 82 valence electrons. The minimum Gasteiger partial charge on any atom is -0.464 e. The maximum absolute atomic E-state index is 10.9. The quantitative estimate of drug-likeness (QED) is 0.668. The third-order valence-electron chi connectivity index (χ3n) is 2.00. The van der Waals surface area contributed by atoms with Gasteiger partial charge in [0.05, 0.1) is 11.0 Å². The standard InChI is InChI=1S/C9H8N4O3/c10-7(14)13(9(15)16)8-11-5-3-1-2-4-6(5)12-8/h1-4H,(H2,10,14)(H,11,12)(H,15,16). The normalized spacial score (nSPS) is 10.2. The Labute approximate surface area is 89.5 Å². The Morgan fingerprint density at radius 3 is 2.62 bits per heavy atom. The number of urea groups is 1. The van der Waals surface area contributed by atoms with Crippen LogP contribution in [-0.4, -0.2) is 27.2 Å². The van der Waals surface area contributed by atoms with Gasteiger partial charge >= 0.3 is 12.1 Å². The van der Waals surface area contributed by atoms with E-state index in [1.54, 1.807) is 24.3 Å². The largest absolute Gasteiger partial charge is 0.464 e. The molecule has 0 saturated carbocycles. The average Bonchev–Trinajstić information content (AvgIpc) is 2.58. The third-order valence-corrected chi connectivity index (χ3v) is 2.00. The Bertz CT molecular complexity index is 516. The summed E-state index contributed by atoms with van der Waals surface area (Å²) >= 11 is 0. The van der Waals surface area contributed by atoms with Crippen molar-refractivity contribution in [3.63, 3.8) is 0 Å². The lowest BCUT2D eigenvalue weighted by Gasteiger charge is -2.09. The van der Waals surface area contributed by atoms with Crippen molar-refractivity contribution < 1.29 is 14.7 Å². The molecule has 16 heavy (non-hydrogen) atoms. The molecule has 0 bridgehead atoms. The fourth-order valence-corrected chi connectivity index (χ4v) is 1.33. The molecule has 1 heterocycles. The monoisotopic (exact) mass is 220 g/mol.